The highest BCUT2D eigenvalue weighted by Gasteiger charge is 2.53. The SMILES string of the molecule is Cc1ncsc1-c1ccc(CNC(=O)[C@@H]2C[C@@H](O)CN2C(=O)[C@@H](NC(=O)C2(F)CC2)C(C)(C)C)c(OCCCCOCCN2CCN(c3cc(-c4ccccc4O)nnc3N)CC2)c1. The maximum absolute atomic E-state index is 14.6. The minimum Gasteiger partial charge on any atom is -0.507 e. The van der Waals surface area contributed by atoms with Crippen LogP contribution in [-0.4, -0.2) is 136 Å². The van der Waals surface area contributed by atoms with Gasteiger partial charge in [0, 0.05) is 70.0 Å². The standard InChI is InChI=1S/C46H60FN9O7S/c1-29-39(64-28-50-29)30-11-12-31(26-49-42(59)36-24-32(57)27-56(36)43(60)40(45(2,3)4)51-44(61)46(47)13-14-46)38(23-30)63-21-8-7-20-62-22-19-54-15-17-55(18-16-54)35-25-34(52-53-41(35)48)33-9-5-6-10-37(33)58/h5-6,9-12,23,25,28,32,36,40,57-58H,7-8,13-22,24,26-27H2,1-4H3,(H2,48,53)(H,49,59)(H,51,61)/t32-,36+,40-/m1/s1. The minimum absolute atomic E-state index is 0.0322. The van der Waals surface area contributed by atoms with Crippen molar-refractivity contribution in [3.05, 3.63) is 65.3 Å². The van der Waals surface area contributed by atoms with Gasteiger partial charge in [0.25, 0.3) is 5.91 Å². The minimum atomic E-state index is -1.97. The van der Waals surface area contributed by atoms with Crippen molar-refractivity contribution in [1.82, 2.24) is 35.6 Å². The van der Waals surface area contributed by atoms with E-state index in [0.717, 1.165) is 73.0 Å². The van der Waals surface area contributed by atoms with Crippen LogP contribution in [-0.2, 0) is 25.7 Å². The molecule has 6 N–H and O–H groups in total. The van der Waals surface area contributed by atoms with E-state index in [9.17, 15) is 29.0 Å². The number of hydrogen-bond acceptors (Lipinski definition) is 14. The monoisotopic (exact) mass is 901 g/mol. The van der Waals surface area contributed by atoms with Gasteiger partial charge < -0.3 is 45.9 Å². The third kappa shape index (κ3) is 11.3. The van der Waals surface area contributed by atoms with Crippen molar-refractivity contribution in [3.8, 4) is 33.2 Å². The van der Waals surface area contributed by atoms with Gasteiger partial charge in [-0.2, -0.15) is 0 Å². The van der Waals surface area contributed by atoms with E-state index in [1.807, 2.05) is 37.3 Å². The first-order valence-electron chi connectivity index (χ1n) is 22.0. The lowest BCUT2D eigenvalue weighted by molar-refractivity contribution is -0.145. The number of anilines is 2. The molecule has 2 saturated heterocycles. The molecular weight excluding hydrogens is 842 g/mol. The number of carbonyl (C=O) groups excluding carboxylic acids is 3. The van der Waals surface area contributed by atoms with Gasteiger partial charge >= 0.3 is 0 Å². The Labute approximate surface area is 377 Å². The van der Waals surface area contributed by atoms with Crippen molar-refractivity contribution in [2.75, 3.05) is 69.7 Å². The number of benzene rings is 2. The maximum Gasteiger partial charge on any atom is 0.258 e. The van der Waals surface area contributed by atoms with Crippen LogP contribution in [0.4, 0.5) is 15.9 Å². The molecule has 2 aromatic carbocycles. The van der Waals surface area contributed by atoms with Crippen LogP contribution in [0.25, 0.3) is 21.7 Å². The van der Waals surface area contributed by atoms with Crippen molar-refractivity contribution in [2.24, 2.45) is 5.41 Å². The molecule has 0 radical (unpaired) electrons. The average Bonchev–Trinajstić information content (AvgIpc) is 3.68. The number of amides is 3. The number of aliphatic hydroxyl groups excluding tert-OH is 1. The van der Waals surface area contributed by atoms with Crippen LogP contribution < -0.4 is 26.0 Å². The molecule has 3 fully saturated rings. The number of rotatable bonds is 18. The summed E-state index contributed by atoms with van der Waals surface area (Å²) >= 11 is 1.53. The second-order valence-electron chi connectivity index (χ2n) is 18.0. The van der Waals surface area contributed by atoms with Crippen molar-refractivity contribution < 1.29 is 38.5 Å². The predicted molar refractivity (Wildman–Crippen MR) is 242 cm³/mol. The molecule has 64 heavy (non-hydrogen) atoms. The number of nitrogens with two attached hydrogens (primary N) is 1. The number of likely N-dealkylation sites (tertiary alicyclic amines) is 1. The van der Waals surface area contributed by atoms with Crippen LogP contribution in [0, 0.1) is 12.3 Å². The molecule has 0 bridgehead atoms. The number of β-amino-alcohol motifs (C(OH)–C–C–N with tert-alkyl or cyclic N) is 1. The van der Waals surface area contributed by atoms with E-state index in [4.69, 9.17) is 15.2 Å². The first kappa shape index (κ1) is 46.6. The van der Waals surface area contributed by atoms with E-state index in [1.54, 1.807) is 44.5 Å². The van der Waals surface area contributed by atoms with Crippen molar-refractivity contribution in [1.29, 1.82) is 0 Å². The van der Waals surface area contributed by atoms with Crippen LogP contribution in [0.1, 0.15) is 64.1 Å². The number of aryl methyl sites for hydroxylation is 1. The molecule has 3 aliphatic rings. The number of hydrogen-bond donors (Lipinski definition) is 5. The summed E-state index contributed by atoms with van der Waals surface area (Å²) in [5, 5.41) is 34.8. The molecule has 18 heteroatoms. The molecule has 1 aliphatic carbocycles. The summed E-state index contributed by atoms with van der Waals surface area (Å²) in [5.41, 5.74) is 9.84. The number of phenols is 1. The summed E-state index contributed by atoms with van der Waals surface area (Å²) in [7, 11) is 0. The van der Waals surface area contributed by atoms with E-state index in [1.165, 1.54) is 16.2 Å². The van der Waals surface area contributed by atoms with E-state index in [2.05, 4.69) is 35.6 Å². The molecule has 7 rings (SSSR count). The van der Waals surface area contributed by atoms with Crippen LogP contribution >= 0.6 is 11.3 Å². The second kappa shape index (κ2) is 20.2. The van der Waals surface area contributed by atoms with Gasteiger partial charge in [0.2, 0.25) is 11.8 Å². The summed E-state index contributed by atoms with van der Waals surface area (Å²) in [6.45, 7) is 12.9. The molecule has 4 aromatic rings. The van der Waals surface area contributed by atoms with Gasteiger partial charge in [-0.15, -0.1) is 21.5 Å². The highest BCUT2D eigenvalue weighted by molar-refractivity contribution is 7.13. The average molecular weight is 902 g/mol. The second-order valence-corrected chi connectivity index (χ2v) is 18.8. The molecule has 16 nitrogen and oxygen atoms in total. The van der Waals surface area contributed by atoms with Crippen LogP contribution in [0.2, 0.25) is 0 Å². The fourth-order valence-electron chi connectivity index (χ4n) is 8.04. The fourth-order valence-corrected chi connectivity index (χ4v) is 8.84. The summed E-state index contributed by atoms with van der Waals surface area (Å²) in [4.78, 5) is 51.6. The highest BCUT2D eigenvalue weighted by Crippen LogP contribution is 2.41. The lowest BCUT2D eigenvalue weighted by atomic mass is 9.85. The number of unbranched alkanes of at least 4 members (excludes halogenated alkanes) is 1. The number of nitrogen functional groups attached to an aromatic ring is 1. The third-order valence-corrected chi connectivity index (χ3v) is 13.0. The zero-order valence-corrected chi connectivity index (χ0v) is 37.8. The zero-order chi connectivity index (χ0) is 45.6. The summed E-state index contributed by atoms with van der Waals surface area (Å²) < 4.78 is 27.0. The Morgan fingerprint density at radius 1 is 1.03 bits per heavy atom. The molecule has 1 saturated carbocycles. The van der Waals surface area contributed by atoms with E-state index in [-0.39, 0.29) is 38.1 Å². The smallest absolute Gasteiger partial charge is 0.258 e. The number of aromatic hydroxyl groups is 1. The van der Waals surface area contributed by atoms with Gasteiger partial charge in [-0.05, 0) is 67.9 Å². The largest absolute Gasteiger partial charge is 0.507 e. The lowest BCUT2D eigenvalue weighted by Gasteiger charge is -2.36. The summed E-state index contributed by atoms with van der Waals surface area (Å²) in [6.07, 6.45) is 0.848. The van der Waals surface area contributed by atoms with Crippen molar-refractivity contribution in [3.63, 3.8) is 0 Å². The Morgan fingerprint density at radius 2 is 1.78 bits per heavy atom. The Hall–Kier alpha value is -5.43. The number of phenolic OH excluding ortho intramolecular Hbond substituents is 1. The Kier molecular flexibility index (Phi) is 14.7. The maximum atomic E-state index is 14.6. The molecule has 2 aromatic heterocycles. The molecule has 344 valence electrons. The van der Waals surface area contributed by atoms with Crippen molar-refractivity contribution in [2.45, 2.75) is 90.2 Å². The number of alkyl halides is 1. The van der Waals surface area contributed by atoms with E-state index >= 15 is 0 Å². The number of thiazole rings is 1. The summed E-state index contributed by atoms with van der Waals surface area (Å²) in [5.74, 6) is -0.702. The molecule has 2 aliphatic heterocycles. The number of aromatic nitrogens is 3. The number of piperazine rings is 1. The number of aliphatic hydroxyl groups is 1. The topological polar surface area (TPSA) is 209 Å². The van der Waals surface area contributed by atoms with E-state index in [0.29, 0.717) is 42.6 Å². The quantitative estimate of drug-likeness (QED) is 0.0875. The predicted octanol–water partition coefficient (Wildman–Crippen LogP) is 4.47. The van der Waals surface area contributed by atoms with Crippen LogP contribution in [0.15, 0.2) is 54.0 Å². The molecule has 0 spiro atoms. The normalized spacial score (nSPS) is 19.0. The Morgan fingerprint density at radius 3 is 2.48 bits per heavy atom. The van der Waals surface area contributed by atoms with Gasteiger partial charge in [0.15, 0.2) is 11.5 Å². The molecular formula is C46H60FN9O7S. The molecule has 3 atom stereocenters. The van der Waals surface area contributed by atoms with Gasteiger partial charge in [0.1, 0.15) is 23.6 Å². The van der Waals surface area contributed by atoms with Crippen molar-refractivity contribution >= 4 is 40.6 Å². The zero-order valence-electron chi connectivity index (χ0n) is 37.0. The Bertz CT molecular complexity index is 2280. The fraction of sp³-hybridized carbons (Fsp3) is 0.522. The molecule has 3 amide bonds. The number of ether oxygens (including phenoxy) is 2. The third-order valence-electron chi connectivity index (χ3n) is 12.1. The van der Waals surface area contributed by atoms with Gasteiger partial charge in [-0.25, -0.2) is 9.37 Å². The number of nitrogens with zero attached hydrogens (tertiary/aromatic N) is 6. The number of carbonyl (C=O) groups is 3. The lowest BCUT2D eigenvalue weighted by Crippen LogP contribution is -2.59. The highest BCUT2D eigenvalue weighted by atomic mass is 32.1. The first-order chi connectivity index (χ1) is 30.6. The van der Waals surface area contributed by atoms with Gasteiger partial charge in [0.05, 0.1) is 46.8 Å². The molecule has 0 unspecified atom stereocenters. The van der Waals surface area contributed by atoms with E-state index < -0.39 is 47.0 Å². The van der Waals surface area contributed by atoms with Gasteiger partial charge in [-0.1, -0.05) is 45.0 Å². The Balaban J connectivity index is 0.876. The molecule has 4 heterocycles. The number of nitrogens with one attached hydrogen (secondary N) is 2. The van der Waals surface area contributed by atoms with Gasteiger partial charge in [-0.3, -0.25) is 19.3 Å². The van der Waals surface area contributed by atoms with Crippen LogP contribution in [0.3, 0.4) is 0 Å². The van der Waals surface area contributed by atoms with Crippen LogP contribution in [0.5, 0.6) is 11.5 Å². The first-order valence-corrected chi connectivity index (χ1v) is 22.9. The summed E-state index contributed by atoms with van der Waals surface area (Å²) in [6, 6.07) is 12.7. The number of halogens is 1. The number of para-hydroxylation sites is 1.